The summed E-state index contributed by atoms with van der Waals surface area (Å²) in [7, 11) is -2.18. The molecule has 7 heteroatoms. The van der Waals surface area contributed by atoms with Crippen LogP contribution in [0.2, 0.25) is 5.02 Å². The SMILES string of the molecule is COc1ccc(S(=O)(=O)NCCO)cc1Cl. The van der Waals surface area contributed by atoms with E-state index in [0.717, 1.165) is 0 Å². The Hall–Kier alpha value is -0.820. The Morgan fingerprint density at radius 2 is 2.19 bits per heavy atom. The molecule has 0 aliphatic heterocycles. The van der Waals surface area contributed by atoms with E-state index in [4.69, 9.17) is 21.4 Å². The molecule has 0 spiro atoms. The van der Waals surface area contributed by atoms with Crippen LogP contribution in [0.3, 0.4) is 0 Å². The van der Waals surface area contributed by atoms with Gasteiger partial charge in [-0.2, -0.15) is 0 Å². The van der Waals surface area contributed by atoms with Gasteiger partial charge in [-0.3, -0.25) is 0 Å². The van der Waals surface area contributed by atoms with Crippen molar-refractivity contribution < 1.29 is 18.3 Å². The minimum atomic E-state index is -3.62. The predicted molar refractivity (Wildman–Crippen MR) is 60.3 cm³/mol. The maximum atomic E-state index is 11.6. The fraction of sp³-hybridized carbons (Fsp3) is 0.333. The van der Waals surface area contributed by atoms with Gasteiger partial charge in [-0.1, -0.05) is 11.6 Å². The summed E-state index contributed by atoms with van der Waals surface area (Å²) in [5, 5.41) is 8.76. The Morgan fingerprint density at radius 1 is 1.50 bits per heavy atom. The third kappa shape index (κ3) is 3.08. The van der Waals surface area contributed by atoms with Crippen LogP contribution in [0.15, 0.2) is 23.1 Å². The van der Waals surface area contributed by atoms with E-state index in [1.807, 2.05) is 0 Å². The van der Waals surface area contributed by atoms with Crippen molar-refractivity contribution in [3.05, 3.63) is 23.2 Å². The fourth-order valence-electron chi connectivity index (χ4n) is 1.08. The lowest BCUT2D eigenvalue weighted by atomic mass is 10.3. The van der Waals surface area contributed by atoms with Crippen LogP contribution in [0.5, 0.6) is 5.75 Å². The van der Waals surface area contributed by atoms with Gasteiger partial charge in [0.05, 0.1) is 23.6 Å². The topological polar surface area (TPSA) is 75.6 Å². The Bertz CT molecular complexity index is 461. The number of benzene rings is 1. The van der Waals surface area contributed by atoms with Gasteiger partial charge in [-0.05, 0) is 18.2 Å². The largest absolute Gasteiger partial charge is 0.495 e. The Morgan fingerprint density at radius 3 is 2.69 bits per heavy atom. The number of hydrogen-bond acceptors (Lipinski definition) is 4. The van der Waals surface area contributed by atoms with Gasteiger partial charge in [0.2, 0.25) is 10.0 Å². The molecule has 1 aromatic rings. The maximum absolute atomic E-state index is 11.6. The first kappa shape index (κ1) is 13.2. The normalized spacial score (nSPS) is 11.4. The molecule has 90 valence electrons. The van der Waals surface area contributed by atoms with Gasteiger partial charge >= 0.3 is 0 Å². The van der Waals surface area contributed by atoms with E-state index in [0.29, 0.717) is 5.75 Å². The Labute approximate surface area is 99.0 Å². The minimum absolute atomic E-state index is 0.0340. The van der Waals surface area contributed by atoms with Crippen LogP contribution in [0.1, 0.15) is 0 Å². The summed E-state index contributed by atoms with van der Waals surface area (Å²) in [4.78, 5) is 0.0340. The van der Waals surface area contributed by atoms with Crippen molar-refractivity contribution in [1.82, 2.24) is 4.72 Å². The minimum Gasteiger partial charge on any atom is -0.495 e. The van der Waals surface area contributed by atoms with Crippen molar-refractivity contribution in [1.29, 1.82) is 0 Å². The average molecular weight is 266 g/mol. The van der Waals surface area contributed by atoms with Crippen LogP contribution in [0.25, 0.3) is 0 Å². The van der Waals surface area contributed by atoms with Gasteiger partial charge < -0.3 is 9.84 Å². The Kier molecular flexibility index (Phi) is 4.55. The molecule has 5 nitrogen and oxygen atoms in total. The Balaban J connectivity index is 3.01. The van der Waals surface area contributed by atoms with Crippen molar-refractivity contribution >= 4 is 21.6 Å². The molecule has 0 amide bonds. The third-order valence-electron chi connectivity index (χ3n) is 1.84. The van der Waals surface area contributed by atoms with Crippen molar-refractivity contribution in [2.24, 2.45) is 0 Å². The maximum Gasteiger partial charge on any atom is 0.240 e. The van der Waals surface area contributed by atoms with Gasteiger partial charge in [-0.15, -0.1) is 0 Å². The predicted octanol–water partition coefficient (Wildman–Crippen LogP) is 0.619. The average Bonchev–Trinajstić information content (AvgIpc) is 2.26. The molecule has 0 saturated carbocycles. The molecule has 0 aliphatic carbocycles. The molecule has 0 unspecified atom stereocenters. The van der Waals surface area contributed by atoms with Crippen molar-refractivity contribution in [2.45, 2.75) is 4.90 Å². The highest BCUT2D eigenvalue weighted by Crippen LogP contribution is 2.26. The number of ether oxygens (including phenoxy) is 1. The number of rotatable bonds is 5. The number of sulfonamides is 1. The van der Waals surface area contributed by atoms with Gasteiger partial charge in [0.1, 0.15) is 5.75 Å². The quantitative estimate of drug-likeness (QED) is 0.818. The first-order valence-corrected chi connectivity index (χ1v) is 6.31. The summed E-state index contributed by atoms with van der Waals surface area (Å²) in [5.41, 5.74) is 0. The fourth-order valence-corrected chi connectivity index (χ4v) is 2.45. The molecule has 1 aromatic carbocycles. The number of halogens is 1. The highest BCUT2D eigenvalue weighted by atomic mass is 35.5. The van der Waals surface area contributed by atoms with E-state index in [1.54, 1.807) is 0 Å². The monoisotopic (exact) mass is 265 g/mol. The van der Waals surface area contributed by atoms with E-state index in [2.05, 4.69) is 4.72 Å². The molecule has 0 heterocycles. The molecule has 0 aromatic heterocycles. The zero-order chi connectivity index (χ0) is 12.2. The van der Waals surface area contributed by atoms with Crippen molar-refractivity contribution in [3.8, 4) is 5.75 Å². The van der Waals surface area contributed by atoms with Crippen LogP contribution >= 0.6 is 11.6 Å². The van der Waals surface area contributed by atoms with Crippen LogP contribution in [0, 0.1) is 0 Å². The van der Waals surface area contributed by atoms with Gasteiger partial charge in [0.15, 0.2) is 0 Å². The summed E-state index contributed by atoms with van der Waals surface area (Å²) in [6, 6.07) is 4.14. The molecule has 0 aliphatic rings. The molecule has 0 fully saturated rings. The van der Waals surface area contributed by atoms with Gasteiger partial charge in [0.25, 0.3) is 0 Å². The lowest BCUT2D eigenvalue weighted by molar-refractivity contribution is 0.301. The lowest BCUT2D eigenvalue weighted by Gasteiger charge is -2.07. The number of methoxy groups -OCH3 is 1. The van der Waals surface area contributed by atoms with Crippen molar-refractivity contribution in [2.75, 3.05) is 20.3 Å². The molecular weight excluding hydrogens is 254 g/mol. The second-order valence-electron chi connectivity index (χ2n) is 2.92. The van der Waals surface area contributed by atoms with E-state index in [-0.39, 0.29) is 23.1 Å². The van der Waals surface area contributed by atoms with Crippen LogP contribution < -0.4 is 9.46 Å². The molecular formula is C9H12ClNO4S. The summed E-state index contributed by atoms with van der Waals surface area (Å²) < 4.78 is 30.4. The molecule has 2 N–H and O–H groups in total. The third-order valence-corrected chi connectivity index (χ3v) is 3.59. The van der Waals surface area contributed by atoms with E-state index in [1.165, 1.54) is 25.3 Å². The first-order valence-electron chi connectivity index (χ1n) is 4.45. The molecule has 0 atom stereocenters. The van der Waals surface area contributed by atoms with Gasteiger partial charge in [-0.25, -0.2) is 13.1 Å². The molecule has 0 radical (unpaired) electrons. The molecule has 16 heavy (non-hydrogen) atoms. The number of hydrogen-bond donors (Lipinski definition) is 2. The molecule has 0 saturated heterocycles. The van der Waals surface area contributed by atoms with E-state index < -0.39 is 10.0 Å². The van der Waals surface area contributed by atoms with Gasteiger partial charge in [0, 0.05) is 6.54 Å². The zero-order valence-corrected chi connectivity index (χ0v) is 10.2. The van der Waals surface area contributed by atoms with E-state index >= 15 is 0 Å². The molecule has 1 rings (SSSR count). The smallest absolute Gasteiger partial charge is 0.240 e. The number of aliphatic hydroxyl groups excluding tert-OH is 1. The zero-order valence-electron chi connectivity index (χ0n) is 8.60. The van der Waals surface area contributed by atoms with Crippen LogP contribution in [-0.2, 0) is 10.0 Å². The molecule has 0 bridgehead atoms. The first-order chi connectivity index (χ1) is 7.51. The standard InChI is InChI=1S/C9H12ClNO4S/c1-15-9-3-2-7(6-8(9)10)16(13,14)11-4-5-12/h2-3,6,11-12H,4-5H2,1H3. The van der Waals surface area contributed by atoms with E-state index in [9.17, 15) is 8.42 Å². The van der Waals surface area contributed by atoms with Crippen LogP contribution in [0.4, 0.5) is 0 Å². The van der Waals surface area contributed by atoms with Crippen LogP contribution in [-0.4, -0.2) is 33.8 Å². The van der Waals surface area contributed by atoms with Crippen molar-refractivity contribution in [3.63, 3.8) is 0 Å². The number of nitrogens with one attached hydrogen (secondary N) is 1. The highest BCUT2D eigenvalue weighted by Gasteiger charge is 2.14. The summed E-state index contributed by atoms with van der Waals surface area (Å²) in [6.45, 7) is -0.297. The second-order valence-corrected chi connectivity index (χ2v) is 5.09. The highest BCUT2D eigenvalue weighted by molar-refractivity contribution is 7.89. The number of aliphatic hydroxyl groups is 1. The summed E-state index contributed by atoms with van der Waals surface area (Å²) in [6.07, 6.45) is 0. The second kappa shape index (κ2) is 5.49. The lowest BCUT2D eigenvalue weighted by Crippen LogP contribution is -2.26. The summed E-state index contributed by atoms with van der Waals surface area (Å²) >= 11 is 5.80. The summed E-state index contributed by atoms with van der Waals surface area (Å²) in [5.74, 6) is 0.405.